The molecule has 3 aromatic carbocycles. The molecule has 6 rings (SSSR count). The van der Waals surface area contributed by atoms with Crippen LogP contribution in [0.3, 0.4) is 0 Å². The zero-order valence-electron chi connectivity index (χ0n) is 20.4. The number of rotatable bonds is 4. The number of fused-ring (bicyclic) bond motifs is 1. The van der Waals surface area contributed by atoms with Crippen molar-refractivity contribution in [3.63, 3.8) is 0 Å². The molecule has 3 atom stereocenters. The lowest BCUT2D eigenvalue weighted by atomic mass is 9.77. The van der Waals surface area contributed by atoms with Gasteiger partial charge in [-0.1, -0.05) is 61.4 Å². The highest BCUT2D eigenvalue weighted by Gasteiger charge is 2.43. The number of amides is 3. The van der Waals surface area contributed by atoms with Gasteiger partial charge in [-0.2, -0.15) is 0 Å². The van der Waals surface area contributed by atoms with E-state index in [1.54, 1.807) is 17.0 Å². The predicted octanol–water partition coefficient (Wildman–Crippen LogP) is 4.45. The first-order valence-electron chi connectivity index (χ1n) is 12.9. The summed E-state index contributed by atoms with van der Waals surface area (Å²) in [4.78, 5) is 56.2. The highest BCUT2D eigenvalue weighted by molar-refractivity contribution is 6.25. The number of benzene rings is 3. The van der Waals surface area contributed by atoms with E-state index in [2.05, 4.69) is 0 Å². The van der Waals surface area contributed by atoms with Gasteiger partial charge in [-0.3, -0.25) is 24.1 Å². The SMILES string of the molecule is O=C(O)C1CCCCC1C(=O)N1CCc2ccccc2C1CN1C(=O)c2cccc3cccc(c23)C1=O. The number of nitrogens with zero attached hydrogens (tertiary/aromatic N) is 2. The Morgan fingerprint density at radius 3 is 2.16 bits per heavy atom. The lowest BCUT2D eigenvalue weighted by molar-refractivity contribution is -0.153. The predicted molar refractivity (Wildman–Crippen MR) is 137 cm³/mol. The Balaban J connectivity index is 1.38. The molecule has 2 heterocycles. The molecule has 7 nitrogen and oxygen atoms in total. The summed E-state index contributed by atoms with van der Waals surface area (Å²) in [6.45, 7) is 0.446. The van der Waals surface area contributed by atoms with Crippen molar-refractivity contribution in [1.29, 1.82) is 0 Å². The number of carbonyl (C=O) groups excluding carboxylic acids is 3. The van der Waals surface area contributed by atoms with E-state index in [4.69, 9.17) is 0 Å². The molecule has 0 spiro atoms. The number of aliphatic carboxylic acids is 1. The maximum atomic E-state index is 13.9. The molecule has 37 heavy (non-hydrogen) atoms. The van der Waals surface area contributed by atoms with Crippen molar-refractivity contribution in [2.45, 2.75) is 38.1 Å². The molecule has 0 aromatic heterocycles. The Bertz CT molecular complexity index is 1400. The number of hydrogen-bond acceptors (Lipinski definition) is 4. The van der Waals surface area contributed by atoms with Gasteiger partial charge in [-0.25, -0.2) is 0 Å². The second-order valence-electron chi connectivity index (χ2n) is 10.3. The number of hydrogen-bond donors (Lipinski definition) is 1. The lowest BCUT2D eigenvalue weighted by Crippen LogP contribution is -2.52. The second kappa shape index (κ2) is 9.14. The van der Waals surface area contributed by atoms with Gasteiger partial charge in [0, 0.05) is 23.1 Å². The molecule has 3 unspecified atom stereocenters. The van der Waals surface area contributed by atoms with Crippen LogP contribution in [0.25, 0.3) is 10.8 Å². The van der Waals surface area contributed by atoms with Crippen LogP contribution in [0.5, 0.6) is 0 Å². The van der Waals surface area contributed by atoms with Crippen LogP contribution in [-0.2, 0) is 16.0 Å². The first kappa shape index (κ1) is 23.4. The molecule has 3 aromatic rings. The molecule has 1 aliphatic carbocycles. The van der Waals surface area contributed by atoms with Crippen LogP contribution < -0.4 is 0 Å². The van der Waals surface area contributed by atoms with Crippen molar-refractivity contribution in [3.8, 4) is 0 Å². The fourth-order valence-electron chi connectivity index (χ4n) is 6.47. The minimum absolute atomic E-state index is 0.0234. The van der Waals surface area contributed by atoms with Gasteiger partial charge in [-0.15, -0.1) is 0 Å². The highest BCUT2D eigenvalue weighted by Crippen LogP contribution is 2.38. The van der Waals surface area contributed by atoms with E-state index in [0.29, 0.717) is 42.3 Å². The van der Waals surface area contributed by atoms with Crippen LogP contribution in [0, 0.1) is 11.8 Å². The molecule has 0 saturated heterocycles. The van der Waals surface area contributed by atoms with Gasteiger partial charge in [0.15, 0.2) is 0 Å². The molecule has 3 aliphatic rings. The zero-order chi connectivity index (χ0) is 25.7. The van der Waals surface area contributed by atoms with Gasteiger partial charge in [0.25, 0.3) is 11.8 Å². The third kappa shape index (κ3) is 3.80. The molecule has 2 aliphatic heterocycles. The van der Waals surface area contributed by atoms with Crippen LogP contribution >= 0.6 is 0 Å². The van der Waals surface area contributed by atoms with Crippen molar-refractivity contribution in [2.75, 3.05) is 13.1 Å². The van der Waals surface area contributed by atoms with Gasteiger partial charge < -0.3 is 10.0 Å². The van der Waals surface area contributed by atoms with Gasteiger partial charge in [0.1, 0.15) is 0 Å². The molecule has 7 heteroatoms. The second-order valence-corrected chi connectivity index (χ2v) is 10.3. The average Bonchev–Trinajstić information content (AvgIpc) is 2.93. The third-order valence-corrected chi connectivity index (χ3v) is 8.31. The molecule has 0 radical (unpaired) electrons. The van der Waals surface area contributed by atoms with Gasteiger partial charge in [-0.05, 0) is 47.9 Å². The maximum absolute atomic E-state index is 13.9. The number of imide groups is 1. The van der Waals surface area contributed by atoms with Gasteiger partial charge >= 0.3 is 5.97 Å². The van der Waals surface area contributed by atoms with E-state index in [9.17, 15) is 24.3 Å². The number of carboxylic acids is 1. The third-order valence-electron chi connectivity index (χ3n) is 8.31. The molecular weight excluding hydrogens is 468 g/mol. The van der Waals surface area contributed by atoms with Crippen molar-refractivity contribution >= 4 is 34.5 Å². The van der Waals surface area contributed by atoms with E-state index < -0.39 is 23.8 Å². The van der Waals surface area contributed by atoms with Crippen LogP contribution in [0.15, 0.2) is 60.7 Å². The fraction of sp³-hybridized carbons (Fsp3) is 0.333. The zero-order valence-corrected chi connectivity index (χ0v) is 20.4. The highest BCUT2D eigenvalue weighted by atomic mass is 16.4. The molecule has 188 valence electrons. The van der Waals surface area contributed by atoms with E-state index in [-0.39, 0.29) is 24.3 Å². The molecule has 3 amide bonds. The maximum Gasteiger partial charge on any atom is 0.307 e. The summed E-state index contributed by atoms with van der Waals surface area (Å²) in [6.07, 6.45) is 3.29. The summed E-state index contributed by atoms with van der Waals surface area (Å²) in [6, 6.07) is 18.2. The minimum atomic E-state index is -0.932. The van der Waals surface area contributed by atoms with Crippen LogP contribution in [-0.4, -0.2) is 51.7 Å². The Hall–Kier alpha value is -4.00. The molecule has 1 fully saturated rings. The first-order chi connectivity index (χ1) is 18.0. The lowest BCUT2D eigenvalue weighted by Gasteiger charge is -2.42. The quantitative estimate of drug-likeness (QED) is 0.539. The largest absolute Gasteiger partial charge is 0.481 e. The van der Waals surface area contributed by atoms with E-state index >= 15 is 0 Å². The minimum Gasteiger partial charge on any atom is -0.481 e. The van der Waals surface area contributed by atoms with E-state index in [1.165, 1.54) is 4.90 Å². The summed E-state index contributed by atoms with van der Waals surface area (Å²) in [5.74, 6) is -3.16. The molecular formula is C30H28N2O5. The van der Waals surface area contributed by atoms with Crippen LogP contribution in [0.2, 0.25) is 0 Å². The molecule has 1 saturated carbocycles. The smallest absolute Gasteiger partial charge is 0.307 e. The van der Waals surface area contributed by atoms with Crippen LogP contribution in [0.4, 0.5) is 0 Å². The summed E-state index contributed by atoms with van der Waals surface area (Å²) in [5, 5.41) is 11.3. The Kier molecular flexibility index (Phi) is 5.78. The topological polar surface area (TPSA) is 95.0 Å². The van der Waals surface area contributed by atoms with Crippen LogP contribution in [0.1, 0.15) is 63.6 Å². The van der Waals surface area contributed by atoms with Crippen molar-refractivity contribution in [3.05, 3.63) is 82.9 Å². The Morgan fingerprint density at radius 2 is 1.49 bits per heavy atom. The molecule has 0 bridgehead atoms. The number of carbonyl (C=O) groups is 4. The Labute approximate surface area is 214 Å². The Morgan fingerprint density at radius 1 is 0.838 bits per heavy atom. The summed E-state index contributed by atoms with van der Waals surface area (Å²) < 4.78 is 0. The van der Waals surface area contributed by atoms with Gasteiger partial charge in [0.2, 0.25) is 5.91 Å². The molecule has 1 N–H and O–H groups in total. The van der Waals surface area contributed by atoms with Gasteiger partial charge in [0.05, 0.1) is 24.4 Å². The number of carboxylic acid groups (broad SMARTS) is 1. The van der Waals surface area contributed by atoms with E-state index in [0.717, 1.165) is 29.4 Å². The summed E-state index contributed by atoms with van der Waals surface area (Å²) >= 11 is 0. The normalized spacial score (nSPS) is 23.2. The average molecular weight is 497 g/mol. The summed E-state index contributed by atoms with van der Waals surface area (Å²) in [7, 11) is 0. The standard InChI is InChI=1S/C30H28N2O5/c33-27(21-11-3-4-12-22(21)30(36)37)31-16-15-18-7-1-2-10-20(18)25(31)17-32-28(34)23-13-5-8-19-9-6-14-24(26(19)23)29(32)35/h1-2,5-10,13-14,21-22,25H,3-4,11-12,15-17H2,(H,36,37). The first-order valence-corrected chi connectivity index (χ1v) is 12.9. The van der Waals surface area contributed by atoms with Crippen molar-refractivity contribution in [2.24, 2.45) is 11.8 Å². The van der Waals surface area contributed by atoms with Crippen molar-refractivity contribution < 1.29 is 24.3 Å². The summed E-state index contributed by atoms with van der Waals surface area (Å²) in [5.41, 5.74) is 2.94. The van der Waals surface area contributed by atoms with Crippen molar-refractivity contribution in [1.82, 2.24) is 9.80 Å². The monoisotopic (exact) mass is 496 g/mol. The van der Waals surface area contributed by atoms with E-state index in [1.807, 2.05) is 48.5 Å². The fourth-order valence-corrected chi connectivity index (χ4v) is 6.47.